The van der Waals surface area contributed by atoms with Gasteiger partial charge < -0.3 is 5.32 Å². The molecule has 2 heterocycles. The first kappa shape index (κ1) is 16.4. The third kappa shape index (κ3) is 5.40. The Morgan fingerprint density at radius 1 is 1.33 bits per heavy atom. The van der Waals surface area contributed by atoms with Gasteiger partial charge in [0, 0.05) is 6.54 Å². The molecule has 0 bridgehead atoms. The monoisotopic (exact) mass is 293 g/mol. The average Bonchev–Trinajstić information content (AvgIpc) is 2.88. The normalized spacial score (nSPS) is 17.7. The van der Waals surface area contributed by atoms with Gasteiger partial charge in [-0.05, 0) is 57.3 Å². The molecule has 1 N–H and O–H groups in total. The third-order valence-corrected chi connectivity index (χ3v) is 4.19. The summed E-state index contributed by atoms with van der Waals surface area (Å²) in [6.45, 7) is 13.3. The van der Waals surface area contributed by atoms with Crippen molar-refractivity contribution < 1.29 is 0 Å². The Bertz CT molecular complexity index is 393. The van der Waals surface area contributed by atoms with Gasteiger partial charge in [-0.15, -0.1) is 0 Å². The van der Waals surface area contributed by atoms with Crippen molar-refractivity contribution in [1.82, 2.24) is 25.0 Å². The van der Waals surface area contributed by atoms with Gasteiger partial charge >= 0.3 is 0 Å². The van der Waals surface area contributed by atoms with Crippen molar-refractivity contribution in [3.63, 3.8) is 0 Å². The second-order valence-electron chi connectivity index (χ2n) is 6.67. The molecule has 1 aromatic rings. The van der Waals surface area contributed by atoms with Crippen LogP contribution in [-0.4, -0.2) is 45.8 Å². The standard InChI is InChI=1S/C16H31N5/c1-4-7-21-16(18-13-19-21)12-20-8-5-15(6-9-20)11-17-10-14(2)3/h13-15,17H,4-12H2,1-3H3. The van der Waals surface area contributed by atoms with Gasteiger partial charge in [0.15, 0.2) is 0 Å². The quantitative estimate of drug-likeness (QED) is 0.798. The van der Waals surface area contributed by atoms with E-state index in [1.165, 1.54) is 32.5 Å². The van der Waals surface area contributed by atoms with Crippen molar-refractivity contribution in [3.05, 3.63) is 12.2 Å². The molecule has 1 aliphatic heterocycles. The van der Waals surface area contributed by atoms with Crippen LogP contribution in [-0.2, 0) is 13.1 Å². The van der Waals surface area contributed by atoms with Crippen LogP contribution in [0.5, 0.6) is 0 Å². The minimum atomic E-state index is 0.745. The van der Waals surface area contributed by atoms with Crippen molar-refractivity contribution in [2.24, 2.45) is 11.8 Å². The fraction of sp³-hybridized carbons (Fsp3) is 0.875. The highest BCUT2D eigenvalue weighted by molar-refractivity contribution is 4.86. The topological polar surface area (TPSA) is 46.0 Å². The fourth-order valence-electron chi connectivity index (χ4n) is 2.93. The molecule has 1 fully saturated rings. The Morgan fingerprint density at radius 2 is 2.10 bits per heavy atom. The first-order chi connectivity index (χ1) is 10.2. The van der Waals surface area contributed by atoms with Crippen molar-refractivity contribution >= 4 is 0 Å². The molecule has 2 rings (SSSR count). The fourth-order valence-corrected chi connectivity index (χ4v) is 2.93. The molecule has 0 spiro atoms. The van der Waals surface area contributed by atoms with Crippen LogP contribution in [0.3, 0.4) is 0 Å². The van der Waals surface area contributed by atoms with Crippen LogP contribution in [0.2, 0.25) is 0 Å². The molecule has 0 aliphatic carbocycles. The molecule has 5 nitrogen and oxygen atoms in total. The molecule has 0 amide bonds. The van der Waals surface area contributed by atoms with E-state index in [1.54, 1.807) is 6.33 Å². The van der Waals surface area contributed by atoms with Crippen LogP contribution in [0.25, 0.3) is 0 Å². The van der Waals surface area contributed by atoms with E-state index >= 15 is 0 Å². The van der Waals surface area contributed by atoms with E-state index in [-0.39, 0.29) is 0 Å². The molecular formula is C16H31N5. The molecule has 1 aromatic heterocycles. The van der Waals surface area contributed by atoms with Crippen molar-refractivity contribution in [2.45, 2.75) is 53.1 Å². The van der Waals surface area contributed by atoms with Crippen molar-refractivity contribution in [2.75, 3.05) is 26.2 Å². The predicted molar refractivity (Wildman–Crippen MR) is 86.0 cm³/mol. The lowest BCUT2D eigenvalue weighted by Crippen LogP contribution is -2.38. The largest absolute Gasteiger partial charge is 0.316 e. The van der Waals surface area contributed by atoms with E-state index in [9.17, 15) is 0 Å². The van der Waals surface area contributed by atoms with E-state index in [2.05, 4.69) is 45.8 Å². The number of piperidine rings is 1. The summed E-state index contributed by atoms with van der Waals surface area (Å²) in [5.74, 6) is 2.71. The number of hydrogen-bond donors (Lipinski definition) is 1. The summed E-state index contributed by atoms with van der Waals surface area (Å²) < 4.78 is 2.05. The van der Waals surface area contributed by atoms with Gasteiger partial charge in [0.2, 0.25) is 0 Å². The van der Waals surface area contributed by atoms with E-state index in [0.717, 1.165) is 43.7 Å². The molecule has 5 heteroatoms. The number of aromatic nitrogens is 3. The first-order valence-corrected chi connectivity index (χ1v) is 8.48. The lowest BCUT2D eigenvalue weighted by atomic mass is 9.96. The molecule has 21 heavy (non-hydrogen) atoms. The maximum absolute atomic E-state index is 4.41. The van der Waals surface area contributed by atoms with Gasteiger partial charge in [-0.3, -0.25) is 4.90 Å². The summed E-state index contributed by atoms with van der Waals surface area (Å²) in [6, 6.07) is 0. The molecule has 0 saturated carbocycles. The number of aryl methyl sites for hydroxylation is 1. The summed E-state index contributed by atoms with van der Waals surface area (Å²) >= 11 is 0. The summed E-state index contributed by atoms with van der Waals surface area (Å²) in [6.07, 6.45) is 5.40. The van der Waals surface area contributed by atoms with Crippen LogP contribution < -0.4 is 5.32 Å². The van der Waals surface area contributed by atoms with Gasteiger partial charge in [-0.2, -0.15) is 5.10 Å². The van der Waals surface area contributed by atoms with Crippen LogP contribution in [0, 0.1) is 11.8 Å². The highest BCUT2D eigenvalue weighted by atomic mass is 15.3. The number of likely N-dealkylation sites (tertiary alicyclic amines) is 1. The Kier molecular flexibility index (Phi) is 6.64. The van der Waals surface area contributed by atoms with Crippen LogP contribution in [0.1, 0.15) is 45.9 Å². The first-order valence-electron chi connectivity index (χ1n) is 8.48. The Labute approximate surface area is 129 Å². The lowest BCUT2D eigenvalue weighted by Gasteiger charge is -2.31. The van der Waals surface area contributed by atoms with Crippen molar-refractivity contribution in [3.8, 4) is 0 Å². The summed E-state index contributed by atoms with van der Waals surface area (Å²) in [5.41, 5.74) is 0. The van der Waals surface area contributed by atoms with E-state index in [0.29, 0.717) is 0 Å². The zero-order valence-corrected chi connectivity index (χ0v) is 13.9. The Hall–Kier alpha value is -0.940. The smallest absolute Gasteiger partial charge is 0.141 e. The van der Waals surface area contributed by atoms with E-state index < -0.39 is 0 Å². The maximum atomic E-state index is 4.41. The molecule has 1 aliphatic rings. The second-order valence-corrected chi connectivity index (χ2v) is 6.67. The van der Waals surface area contributed by atoms with Crippen LogP contribution >= 0.6 is 0 Å². The predicted octanol–water partition coefficient (Wildman–Crippen LogP) is 2.15. The van der Waals surface area contributed by atoms with Gasteiger partial charge in [0.05, 0.1) is 6.54 Å². The maximum Gasteiger partial charge on any atom is 0.141 e. The number of nitrogens with one attached hydrogen (secondary N) is 1. The summed E-state index contributed by atoms with van der Waals surface area (Å²) in [4.78, 5) is 6.94. The van der Waals surface area contributed by atoms with E-state index in [1.807, 2.05) is 0 Å². The molecule has 0 aromatic carbocycles. The summed E-state index contributed by atoms with van der Waals surface area (Å²) in [5, 5.41) is 7.91. The molecule has 0 radical (unpaired) electrons. The molecular weight excluding hydrogens is 262 g/mol. The van der Waals surface area contributed by atoms with Gasteiger partial charge in [0.25, 0.3) is 0 Å². The Morgan fingerprint density at radius 3 is 2.76 bits per heavy atom. The molecule has 0 atom stereocenters. The molecule has 1 saturated heterocycles. The zero-order valence-electron chi connectivity index (χ0n) is 13.9. The van der Waals surface area contributed by atoms with E-state index in [4.69, 9.17) is 0 Å². The lowest BCUT2D eigenvalue weighted by molar-refractivity contribution is 0.169. The zero-order chi connectivity index (χ0) is 15.1. The molecule has 120 valence electrons. The molecule has 0 unspecified atom stereocenters. The van der Waals surface area contributed by atoms with Crippen LogP contribution in [0.4, 0.5) is 0 Å². The van der Waals surface area contributed by atoms with Gasteiger partial charge in [-0.25, -0.2) is 9.67 Å². The average molecular weight is 293 g/mol. The highest BCUT2D eigenvalue weighted by Crippen LogP contribution is 2.18. The van der Waals surface area contributed by atoms with Gasteiger partial charge in [0.1, 0.15) is 12.2 Å². The Balaban J connectivity index is 1.70. The minimum Gasteiger partial charge on any atom is -0.316 e. The van der Waals surface area contributed by atoms with Gasteiger partial charge in [-0.1, -0.05) is 20.8 Å². The summed E-state index contributed by atoms with van der Waals surface area (Å²) in [7, 11) is 0. The SMILES string of the molecule is CCCn1ncnc1CN1CCC(CNCC(C)C)CC1. The minimum absolute atomic E-state index is 0.745. The second kappa shape index (κ2) is 8.49. The highest BCUT2D eigenvalue weighted by Gasteiger charge is 2.20. The third-order valence-electron chi connectivity index (χ3n) is 4.19. The van der Waals surface area contributed by atoms with Crippen LogP contribution in [0.15, 0.2) is 6.33 Å². The van der Waals surface area contributed by atoms with Crippen molar-refractivity contribution in [1.29, 1.82) is 0 Å². The number of rotatable bonds is 8. The number of nitrogens with zero attached hydrogens (tertiary/aromatic N) is 4. The number of hydrogen-bond acceptors (Lipinski definition) is 4.